The van der Waals surface area contributed by atoms with Gasteiger partial charge in [-0.15, -0.1) is 0 Å². The van der Waals surface area contributed by atoms with Crippen LogP contribution in [0.5, 0.6) is 0 Å². The largest absolute Gasteiger partial charge is 0.393 e. The maximum absolute atomic E-state index is 12.8. The molecular weight excluding hydrogens is 262 g/mol. The zero-order chi connectivity index (χ0) is 15.0. The van der Waals surface area contributed by atoms with Gasteiger partial charge in [-0.3, -0.25) is 4.79 Å². The van der Waals surface area contributed by atoms with Gasteiger partial charge in [-0.1, -0.05) is 23.8 Å². The Morgan fingerprint density at radius 1 is 1.24 bits per heavy atom. The summed E-state index contributed by atoms with van der Waals surface area (Å²) in [5.41, 5.74) is 3.54. The molecule has 1 aromatic carbocycles. The summed E-state index contributed by atoms with van der Waals surface area (Å²) >= 11 is 0. The number of fused-ring (bicyclic) bond motifs is 2. The Bertz CT molecular complexity index is 526. The molecule has 3 atom stereocenters. The van der Waals surface area contributed by atoms with Gasteiger partial charge in [0.05, 0.1) is 12.5 Å². The van der Waals surface area contributed by atoms with Crippen LogP contribution >= 0.6 is 0 Å². The first-order valence-corrected chi connectivity index (χ1v) is 8.10. The number of carbonyl (C=O) groups excluding carboxylic acids is 1. The molecule has 1 unspecified atom stereocenters. The number of hydrogen-bond donors (Lipinski definition) is 1. The molecule has 0 aromatic heterocycles. The van der Waals surface area contributed by atoms with E-state index in [0.717, 1.165) is 31.2 Å². The standard InChI is InChI=1S/C18H25NO2/c1-12-6-7-13(2)14(8-12)9-18(21)19-15-4-3-5-16(19)11-17(20)10-15/h6-8,15-17,20H,3-5,9-11H2,1-2H3/t15-,16+,17?. The Labute approximate surface area is 127 Å². The number of aliphatic hydroxyl groups is 1. The van der Waals surface area contributed by atoms with E-state index in [1.54, 1.807) is 0 Å². The highest BCUT2D eigenvalue weighted by Crippen LogP contribution is 2.34. The van der Waals surface area contributed by atoms with E-state index in [4.69, 9.17) is 0 Å². The van der Waals surface area contributed by atoms with Crippen molar-refractivity contribution in [1.82, 2.24) is 4.90 Å². The number of amides is 1. The molecule has 2 aliphatic rings. The molecular formula is C18H25NO2. The highest BCUT2D eigenvalue weighted by atomic mass is 16.3. The van der Waals surface area contributed by atoms with Gasteiger partial charge in [-0.25, -0.2) is 0 Å². The number of hydrogen-bond acceptors (Lipinski definition) is 2. The fourth-order valence-electron chi connectivity index (χ4n) is 4.00. The van der Waals surface area contributed by atoms with Crippen LogP contribution in [0.1, 0.15) is 48.8 Å². The third-order valence-electron chi connectivity index (χ3n) is 5.08. The molecule has 0 aliphatic carbocycles. The monoisotopic (exact) mass is 287 g/mol. The van der Waals surface area contributed by atoms with Gasteiger partial charge < -0.3 is 10.0 Å². The van der Waals surface area contributed by atoms with Crippen LogP contribution in [-0.4, -0.2) is 34.1 Å². The Hall–Kier alpha value is -1.35. The number of nitrogens with zero attached hydrogens (tertiary/aromatic N) is 1. The third-order valence-corrected chi connectivity index (χ3v) is 5.08. The van der Waals surface area contributed by atoms with E-state index in [1.807, 2.05) is 0 Å². The molecule has 3 rings (SSSR count). The summed E-state index contributed by atoms with van der Waals surface area (Å²) in [6.07, 6.45) is 5.08. The third kappa shape index (κ3) is 2.98. The maximum atomic E-state index is 12.8. The predicted octanol–water partition coefficient (Wildman–Crippen LogP) is 2.75. The van der Waals surface area contributed by atoms with Crippen LogP contribution in [0, 0.1) is 13.8 Å². The molecule has 1 amide bonds. The van der Waals surface area contributed by atoms with E-state index in [9.17, 15) is 9.90 Å². The normalized spacial score (nSPS) is 28.5. The van der Waals surface area contributed by atoms with E-state index in [1.165, 1.54) is 17.5 Å². The van der Waals surface area contributed by atoms with Crippen LogP contribution in [0.25, 0.3) is 0 Å². The van der Waals surface area contributed by atoms with Gasteiger partial charge in [-0.2, -0.15) is 0 Å². The first-order chi connectivity index (χ1) is 10.0. The van der Waals surface area contributed by atoms with Crippen molar-refractivity contribution >= 4 is 5.91 Å². The summed E-state index contributed by atoms with van der Waals surface area (Å²) in [6, 6.07) is 6.82. The van der Waals surface area contributed by atoms with Crippen molar-refractivity contribution in [3.8, 4) is 0 Å². The molecule has 3 heteroatoms. The number of rotatable bonds is 2. The van der Waals surface area contributed by atoms with Gasteiger partial charge in [0.1, 0.15) is 0 Å². The Balaban J connectivity index is 1.77. The molecule has 2 bridgehead atoms. The summed E-state index contributed by atoms with van der Waals surface area (Å²) in [7, 11) is 0. The van der Waals surface area contributed by atoms with Crippen molar-refractivity contribution in [2.45, 2.75) is 70.6 Å². The lowest BCUT2D eigenvalue weighted by Crippen LogP contribution is -2.56. The highest BCUT2D eigenvalue weighted by Gasteiger charge is 2.40. The smallest absolute Gasteiger partial charge is 0.227 e. The molecule has 114 valence electrons. The van der Waals surface area contributed by atoms with E-state index in [-0.39, 0.29) is 24.1 Å². The van der Waals surface area contributed by atoms with Crippen LogP contribution in [0.4, 0.5) is 0 Å². The molecule has 1 aromatic rings. The second kappa shape index (κ2) is 5.80. The Kier molecular flexibility index (Phi) is 4.03. The molecule has 21 heavy (non-hydrogen) atoms. The second-order valence-electron chi connectivity index (χ2n) is 6.77. The van der Waals surface area contributed by atoms with Gasteiger partial charge in [0.25, 0.3) is 0 Å². The van der Waals surface area contributed by atoms with Crippen molar-refractivity contribution in [1.29, 1.82) is 0 Å². The van der Waals surface area contributed by atoms with Crippen molar-refractivity contribution < 1.29 is 9.90 Å². The molecule has 3 nitrogen and oxygen atoms in total. The highest BCUT2D eigenvalue weighted by molar-refractivity contribution is 5.80. The van der Waals surface area contributed by atoms with Gasteiger partial charge in [0.15, 0.2) is 0 Å². The molecule has 0 spiro atoms. The minimum atomic E-state index is -0.218. The summed E-state index contributed by atoms with van der Waals surface area (Å²) in [4.78, 5) is 14.9. The number of aliphatic hydroxyl groups excluding tert-OH is 1. The second-order valence-corrected chi connectivity index (χ2v) is 6.77. The SMILES string of the molecule is Cc1ccc(C)c(CC(=O)N2[C@@H]3CCC[C@H]2CC(O)C3)c1. The first kappa shape index (κ1) is 14.6. The van der Waals surface area contributed by atoms with Crippen LogP contribution in [0.15, 0.2) is 18.2 Å². The fourth-order valence-corrected chi connectivity index (χ4v) is 4.00. The lowest BCUT2D eigenvalue weighted by molar-refractivity contribution is -0.143. The summed E-state index contributed by atoms with van der Waals surface area (Å²) < 4.78 is 0. The van der Waals surface area contributed by atoms with Gasteiger partial charge in [0, 0.05) is 12.1 Å². The number of piperidine rings is 2. The molecule has 2 fully saturated rings. The van der Waals surface area contributed by atoms with Crippen molar-refractivity contribution in [3.63, 3.8) is 0 Å². The zero-order valence-electron chi connectivity index (χ0n) is 13.0. The molecule has 0 radical (unpaired) electrons. The minimum absolute atomic E-state index is 0.218. The van der Waals surface area contributed by atoms with E-state index in [2.05, 4.69) is 36.9 Å². The fraction of sp³-hybridized carbons (Fsp3) is 0.611. The molecule has 0 saturated carbocycles. The topological polar surface area (TPSA) is 40.5 Å². The average Bonchev–Trinajstić information content (AvgIpc) is 2.41. The van der Waals surface area contributed by atoms with E-state index < -0.39 is 0 Å². The molecule has 2 heterocycles. The zero-order valence-corrected chi connectivity index (χ0v) is 13.0. The molecule has 1 N–H and O–H groups in total. The maximum Gasteiger partial charge on any atom is 0.227 e. The molecule has 2 saturated heterocycles. The lowest BCUT2D eigenvalue weighted by Gasteiger charge is -2.48. The molecule has 2 aliphatic heterocycles. The number of carbonyl (C=O) groups is 1. The average molecular weight is 287 g/mol. The number of aryl methyl sites for hydroxylation is 2. The van der Waals surface area contributed by atoms with Crippen LogP contribution < -0.4 is 0 Å². The lowest BCUT2D eigenvalue weighted by atomic mass is 9.82. The predicted molar refractivity (Wildman–Crippen MR) is 83.1 cm³/mol. The van der Waals surface area contributed by atoms with Gasteiger partial charge >= 0.3 is 0 Å². The van der Waals surface area contributed by atoms with Crippen LogP contribution in [-0.2, 0) is 11.2 Å². The van der Waals surface area contributed by atoms with Crippen LogP contribution in [0.3, 0.4) is 0 Å². The van der Waals surface area contributed by atoms with E-state index in [0.29, 0.717) is 6.42 Å². The van der Waals surface area contributed by atoms with Crippen molar-refractivity contribution in [2.75, 3.05) is 0 Å². The van der Waals surface area contributed by atoms with E-state index >= 15 is 0 Å². The minimum Gasteiger partial charge on any atom is -0.393 e. The Morgan fingerprint density at radius 3 is 2.57 bits per heavy atom. The van der Waals surface area contributed by atoms with Gasteiger partial charge in [-0.05, 0) is 57.1 Å². The Morgan fingerprint density at radius 2 is 1.90 bits per heavy atom. The first-order valence-electron chi connectivity index (χ1n) is 8.10. The van der Waals surface area contributed by atoms with Gasteiger partial charge in [0.2, 0.25) is 5.91 Å². The summed E-state index contributed by atoms with van der Waals surface area (Å²) in [5.74, 6) is 0.241. The van der Waals surface area contributed by atoms with Crippen molar-refractivity contribution in [2.24, 2.45) is 0 Å². The van der Waals surface area contributed by atoms with Crippen molar-refractivity contribution in [3.05, 3.63) is 34.9 Å². The summed E-state index contributed by atoms with van der Waals surface area (Å²) in [6.45, 7) is 4.14. The van der Waals surface area contributed by atoms with Crippen LogP contribution in [0.2, 0.25) is 0 Å². The number of benzene rings is 1. The quantitative estimate of drug-likeness (QED) is 0.908. The summed E-state index contributed by atoms with van der Waals surface area (Å²) in [5, 5.41) is 9.95.